The van der Waals surface area contributed by atoms with Crippen LogP contribution in [0.5, 0.6) is 0 Å². The van der Waals surface area contributed by atoms with Crippen LogP contribution in [0, 0.1) is 6.92 Å². The van der Waals surface area contributed by atoms with Crippen molar-refractivity contribution in [2.45, 2.75) is 19.8 Å². The Balaban J connectivity index is 2.45. The van der Waals surface area contributed by atoms with Crippen LogP contribution in [0.25, 0.3) is 16.2 Å². The standard InChI is InChI=1S/C13H12S/c1-9-5-4-8-12-13(9)10-6-2-3-7-11(10)14-12/h3-5,7-8H,2,6H2,1H3. The summed E-state index contributed by atoms with van der Waals surface area (Å²) in [5.74, 6) is 0. The molecule has 2 aromatic rings. The Bertz CT molecular complexity index is 517. The molecule has 0 N–H and O–H groups in total. The van der Waals surface area contributed by atoms with Crippen molar-refractivity contribution < 1.29 is 0 Å². The quantitative estimate of drug-likeness (QED) is 0.598. The highest BCUT2D eigenvalue weighted by Gasteiger charge is 2.13. The van der Waals surface area contributed by atoms with Crippen LogP contribution >= 0.6 is 11.3 Å². The lowest BCUT2D eigenvalue weighted by Crippen LogP contribution is -1.89. The van der Waals surface area contributed by atoms with E-state index in [4.69, 9.17) is 0 Å². The van der Waals surface area contributed by atoms with Crippen molar-refractivity contribution in [3.8, 4) is 0 Å². The van der Waals surface area contributed by atoms with E-state index in [-0.39, 0.29) is 0 Å². The SMILES string of the molecule is Cc1cccc2sc3c(c12)CCC=C3. The summed E-state index contributed by atoms with van der Waals surface area (Å²) in [4.78, 5) is 1.47. The first-order valence-corrected chi connectivity index (χ1v) is 5.85. The van der Waals surface area contributed by atoms with Crippen LogP contribution in [0.15, 0.2) is 24.3 Å². The Hall–Kier alpha value is -1.08. The van der Waals surface area contributed by atoms with Crippen molar-refractivity contribution in [1.82, 2.24) is 0 Å². The normalized spacial score (nSPS) is 14.6. The molecule has 0 aliphatic heterocycles. The van der Waals surface area contributed by atoms with Gasteiger partial charge in [0.1, 0.15) is 0 Å². The van der Waals surface area contributed by atoms with E-state index in [9.17, 15) is 0 Å². The molecule has 1 aromatic carbocycles. The number of allylic oxidation sites excluding steroid dienone is 1. The van der Waals surface area contributed by atoms with Crippen molar-refractivity contribution in [3.05, 3.63) is 40.3 Å². The Kier molecular flexibility index (Phi) is 1.74. The fourth-order valence-electron chi connectivity index (χ4n) is 2.22. The molecule has 1 aromatic heterocycles. The highest BCUT2D eigenvalue weighted by Crippen LogP contribution is 2.36. The molecule has 0 nitrogen and oxygen atoms in total. The average Bonchev–Trinajstić information content (AvgIpc) is 2.57. The van der Waals surface area contributed by atoms with Crippen LogP contribution in [0.3, 0.4) is 0 Å². The molecule has 0 amide bonds. The van der Waals surface area contributed by atoms with Gasteiger partial charge in [-0.3, -0.25) is 0 Å². The minimum Gasteiger partial charge on any atom is -0.136 e. The Labute approximate surface area is 87.9 Å². The minimum absolute atomic E-state index is 1.20. The average molecular weight is 200 g/mol. The molecule has 3 rings (SSSR count). The van der Waals surface area contributed by atoms with E-state index in [2.05, 4.69) is 37.3 Å². The van der Waals surface area contributed by atoms with Gasteiger partial charge in [0.15, 0.2) is 0 Å². The van der Waals surface area contributed by atoms with Gasteiger partial charge in [-0.25, -0.2) is 0 Å². The summed E-state index contributed by atoms with van der Waals surface area (Å²) in [6, 6.07) is 6.61. The van der Waals surface area contributed by atoms with Gasteiger partial charge >= 0.3 is 0 Å². The lowest BCUT2D eigenvalue weighted by Gasteiger charge is -2.05. The van der Waals surface area contributed by atoms with Crippen molar-refractivity contribution in [2.75, 3.05) is 0 Å². The summed E-state index contributed by atoms with van der Waals surface area (Å²) in [6.07, 6.45) is 6.99. The molecule has 1 heteroatoms. The molecule has 0 unspecified atom stereocenters. The number of benzene rings is 1. The predicted molar refractivity (Wildman–Crippen MR) is 63.9 cm³/mol. The second-order valence-corrected chi connectivity index (χ2v) is 4.92. The molecule has 14 heavy (non-hydrogen) atoms. The van der Waals surface area contributed by atoms with Gasteiger partial charge < -0.3 is 0 Å². The molecular weight excluding hydrogens is 188 g/mol. The van der Waals surface area contributed by atoms with Gasteiger partial charge in [0.05, 0.1) is 0 Å². The molecule has 0 radical (unpaired) electrons. The van der Waals surface area contributed by atoms with Gasteiger partial charge in [-0.1, -0.05) is 18.2 Å². The topological polar surface area (TPSA) is 0 Å². The summed E-state index contributed by atoms with van der Waals surface area (Å²) >= 11 is 1.93. The molecule has 1 heterocycles. The molecule has 0 bridgehead atoms. The summed E-state index contributed by atoms with van der Waals surface area (Å²) < 4.78 is 1.45. The number of hydrogen-bond donors (Lipinski definition) is 0. The van der Waals surface area contributed by atoms with Gasteiger partial charge in [-0.05, 0) is 48.4 Å². The van der Waals surface area contributed by atoms with Crippen LogP contribution in [-0.2, 0) is 6.42 Å². The van der Waals surface area contributed by atoms with Crippen LogP contribution in [-0.4, -0.2) is 0 Å². The Morgan fingerprint density at radius 2 is 2.21 bits per heavy atom. The number of aryl methyl sites for hydroxylation is 2. The maximum Gasteiger partial charge on any atom is 0.0354 e. The maximum absolute atomic E-state index is 2.28. The predicted octanol–water partition coefficient (Wildman–Crippen LogP) is 4.17. The van der Waals surface area contributed by atoms with Gasteiger partial charge in [-0.2, -0.15) is 0 Å². The first kappa shape index (κ1) is 8.25. The third-order valence-electron chi connectivity index (χ3n) is 2.88. The first-order valence-electron chi connectivity index (χ1n) is 5.04. The number of thiophene rings is 1. The summed E-state index contributed by atoms with van der Waals surface area (Å²) in [5.41, 5.74) is 3.00. The van der Waals surface area contributed by atoms with Crippen LogP contribution in [0.1, 0.15) is 22.4 Å². The van der Waals surface area contributed by atoms with Gasteiger partial charge in [-0.15, -0.1) is 11.3 Å². The molecule has 70 valence electrons. The highest BCUT2D eigenvalue weighted by atomic mass is 32.1. The van der Waals surface area contributed by atoms with Gasteiger partial charge in [0.2, 0.25) is 0 Å². The number of fused-ring (bicyclic) bond motifs is 3. The molecular formula is C13H12S. The molecule has 0 atom stereocenters. The zero-order chi connectivity index (χ0) is 9.54. The highest BCUT2D eigenvalue weighted by molar-refractivity contribution is 7.20. The van der Waals surface area contributed by atoms with Gasteiger partial charge in [0, 0.05) is 9.58 Å². The molecule has 0 fully saturated rings. The lowest BCUT2D eigenvalue weighted by atomic mass is 9.99. The summed E-state index contributed by atoms with van der Waals surface area (Å²) in [7, 11) is 0. The van der Waals surface area contributed by atoms with E-state index < -0.39 is 0 Å². The minimum atomic E-state index is 1.20. The zero-order valence-corrected chi connectivity index (χ0v) is 9.03. The molecule has 0 saturated heterocycles. The number of rotatable bonds is 0. The van der Waals surface area contributed by atoms with Crippen molar-refractivity contribution in [2.24, 2.45) is 0 Å². The van der Waals surface area contributed by atoms with E-state index in [0.717, 1.165) is 0 Å². The molecule has 0 spiro atoms. The van der Waals surface area contributed by atoms with E-state index in [1.165, 1.54) is 33.4 Å². The lowest BCUT2D eigenvalue weighted by molar-refractivity contribution is 1.00. The smallest absolute Gasteiger partial charge is 0.0354 e. The molecule has 1 aliphatic carbocycles. The fraction of sp³-hybridized carbons (Fsp3) is 0.231. The summed E-state index contributed by atoms with van der Waals surface area (Å²) in [6.45, 7) is 2.22. The van der Waals surface area contributed by atoms with Gasteiger partial charge in [0.25, 0.3) is 0 Å². The van der Waals surface area contributed by atoms with Crippen LogP contribution in [0.2, 0.25) is 0 Å². The van der Waals surface area contributed by atoms with E-state index in [1.807, 2.05) is 11.3 Å². The van der Waals surface area contributed by atoms with Crippen molar-refractivity contribution >= 4 is 27.5 Å². The Morgan fingerprint density at radius 1 is 1.29 bits per heavy atom. The van der Waals surface area contributed by atoms with Crippen molar-refractivity contribution in [1.29, 1.82) is 0 Å². The summed E-state index contributed by atoms with van der Waals surface area (Å²) in [5, 5.41) is 1.51. The second-order valence-electron chi connectivity index (χ2n) is 3.83. The third-order valence-corrected chi connectivity index (χ3v) is 4.05. The second kappa shape index (κ2) is 2.96. The van der Waals surface area contributed by atoms with Crippen LogP contribution in [0.4, 0.5) is 0 Å². The largest absolute Gasteiger partial charge is 0.136 e. The zero-order valence-electron chi connectivity index (χ0n) is 8.21. The molecule has 1 aliphatic rings. The van der Waals surface area contributed by atoms with E-state index in [1.54, 1.807) is 5.56 Å². The molecule has 0 saturated carbocycles. The van der Waals surface area contributed by atoms with E-state index >= 15 is 0 Å². The number of hydrogen-bond acceptors (Lipinski definition) is 1. The fourth-order valence-corrected chi connectivity index (χ4v) is 3.48. The first-order chi connectivity index (χ1) is 6.86. The van der Waals surface area contributed by atoms with Crippen molar-refractivity contribution in [3.63, 3.8) is 0 Å². The Morgan fingerprint density at radius 3 is 3.14 bits per heavy atom. The van der Waals surface area contributed by atoms with E-state index in [0.29, 0.717) is 0 Å². The monoisotopic (exact) mass is 200 g/mol. The third kappa shape index (κ3) is 1.05. The van der Waals surface area contributed by atoms with Crippen LogP contribution < -0.4 is 0 Å². The maximum atomic E-state index is 2.28.